The standard InChI is InChI=1S/C8H8BrFO/c1-5-3-6(10)8(9)7(4-5)11-2/h3-4H,1-2H3. The fourth-order valence-corrected chi connectivity index (χ4v) is 1.23. The van der Waals surface area contributed by atoms with Crippen LogP contribution >= 0.6 is 15.9 Å². The van der Waals surface area contributed by atoms with Crippen molar-refractivity contribution in [2.75, 3.05) is 7.11 Å². The fourth-order valence-electron chi connectivity index (χ4n) is 0.841. The molecule has 0 saturated carbocycles. The van der Waals surface area contributed by atoms with Crippen molar-refractivity contribution in [3.8, 4) is 5.75 Å². The van der Waals surface area contributed by atoms with Crippen LogP contribution in [0.25, 0.3) is 0 Å². The van der Waals surface area contributed by atoms with Crippen molar-refractivity contribution in [3.63, 3.8) is 0 Å². The molecule has 0 aliphatic heterocycles. The van der Waals surface area contributed by atoms with Gasteiger partial charge in [0.1, 0.15) is 11.6 Å². The van der Waals surface area contributed by atoms with E-state index in [0.29, 0.717) is 10.2 Å². The van der Waals surface area contributed by atoms with Gasteiger partial charge in [0.2, 0.25) is 0 Å². The van der Waals surface area contributed by atoms with Crippen molar-refractivity contribution in [1.82, 2.24) is 0 Å². The van der Waals surface area contributed by atoms with E-state index in [0.717, 1.165) is 5.56 Å². The lowest BCUT2D eigenvalue weighted by molar-refractivity contribution is 0.407. The molecule has 0 N–H and O–H groups in total. The van der Waals surface area contributed by atoms with Gasteiger partial charge in [-0.1, -0.05) is 0 Å². The summed E-state index contributed by atoms with van der Waals surface area (Å²) in [6, 6.07) is 3.22. The van der Waals surface area contributed by atoms with Gasteiger partial charge in [-0.05, 0) is 40.5 Å². The Bertz CT molecular complexity index is 273. The van der Waals surface area contributed by atoms with Crippen molar-refractivity contribution in [2.45, 2.75) is 6.92 Å². The molecule has 60 valence electrons. The average molecular weight is 219 g/mol. The molecule has 0 amide bonds. The maximum absolute atomic E-state index is 12.9. The SMILES string of the molecule is COc1cc(C)cc(F)c1Br. The average Bonchev–Trinajstić information content (AvgIpc) is 1.96. The molecular formula is C8H8BrFO. The van der Waals surface area contributed by atoms with E-state index in [4.69, 9.17) is 4.74 Å². The Morgan fingerprint density at radius 3 is 2.64 bits per heavy atom. The summed E-state index contributed by atoms with van der Waals surface area (Å²) in [4.78, 5) is 0. The third-order valence-electron chi connectivity index (χ3n) is 1.36. The molecule has 0 aliphatic carbocycles. The Morgan fingerprint density at radius 2 is 2.09 bits per heavy atom. The van der Waals surface area contributed by atoms with Crippen molar-refractivity contribution >= 4 is 15.9 Å². The summed E-state index contributed by atoms with van der Waals surface area (Å²) in [7, 11) is 1.51. The molecule has 0 fully saturated rings. The minimum Gasteiger partial charge on any atom is -0.495 e. The monoisotopic (exact) mass is 218 g/mol. The number of hydrogen-bond acceptors (Lipinski definition) is 1. The van der Waals surface area contributed by atoms with Gasteiger partial charge in [0.25, 0.3) is 0 Å². The zero-order chi connectivity index (χ0) is 8.43. The molecule has 0 heterocycles. The number of aryl methyl sites for hydroxylation is 1. The molecule has 0 saturated heterocycles. The smallest absolute Gasteiger partial charge is 0.141 e. The zero-order valence-corrected chi connectivity index (χ0v) is 7.90. The highest BCUT2D eigenvalue weighted by molar-refractivity contribution is 9.10. The van der Waals surface area contributed by atoms with E-state index >= 15 is 0 Å². The van der Waals surface area contributed by atoms with Crippen molar-refractivity contribution in [3.05, 3.63) is 28.0 Å². The molecule has 0 radical (unpaired) electrons. The van der Waals surface area contributed by atoms with Crippen molar-refractivity contribution in [2.24, 2.45) is 0 Å². The molecule has 1 aromatic carbocycles. The third-order valence-corrected chi connectivity index (χ3v) is 2.13. The number of benzene rings is 1. The predicted molar refractivity (Wildman–Crippen MR) is 45.4 cm³/mol. The number of rotatable bonds is 1. The highest BCUT2D eigenvalue weighted by Gasteiger charge is 2.05. The quantitative estimate of drug-likeness (QED) is 0.705. The van der Waals surface area contributed by atoms with E-state index in [1.165, 1.54) is 13.2 Å². The first-order valence-corrected chi connectivity index (χ1v) is 3.94. The maximum Gasteiger partial charge on any atom is 0.141 e. The summed E-state index contributed by atoms with van der Waals surface area (Å²) >= 11 is 3.07. The largest absolute Gasteiger partial charge is 0.495 e. The maximum atomic E-state index is 12.9. The van der Waals surface area contributed by atoms with E-state index in [1.807, 2.05) is 6.92 Å². The van der Waals surface area contributed by atoms with Gasteiger partial charge in [-0.25, -0.2) is 4.39 Å². The van der Waals surface area contributed by atoms with Crippen molar-refractivity contribution in [1.29, 1.82) is 0 Å². The normalized spacial score (nSPS) is 9.82. The first-order chi connectivity index (χ1) is 5.15. The number of methoxy groups -OCH3 is 1. The molecule has 0 aromatic heterocycles. The summed E-state index contributed by atoms with van der Waals surface area (Å²) in [5.41, 5.74) is 0.850. The van der Waals surface area contributed by atoms with Crippen LogP contribution in [0.5, 0.6) is 5.75 Å². The van der Waals surface area contributed by atoms with E-state index < -0.39 is 0 Å². The molecule has 3 heteroatoms. The second kappa shape index (κ2) is 3.22. The highest BCUT2D eigenvalue weighted by Crippen LogP contribution is 2.28. The third kappa shape index (κ3) is 1.71. The van der Waals surface area contributed by atoms with E-state index in [-0.39, 0.29) is 5.82 Å². The fraction of sp³-hybridized carbons (Fsp3) is 0.250. The first-order valence-electron chi connectivity index (χ1n) is 3.15. The molecule has 0 unspecified atom stereocenters. The summed E-state index contributed by atoms with van der Waals surface area (Å²) in [5, 5.41) is 0. The Kier molecular flexibility index (Phi) is 2.49. The molecule has 0 bridgehead atoms. The summed E-state index contributed by atoms with van der Waals surface area (Å²) in [5.74, 6) is 0.240. The number of ether oxygens (including phenoxy) is 1. The van der Waals surface area contributed by atoms with Crippen LogP contribution in [0.1, 0.15) is 5.56 Å². The Balaban J connectivity index is 3.24. The minimum atomic E-state index is -0.290. The molecule has 0 spiro atoms. The van der Waals surface area contributed by atoms with Gasteiger partial charge in [-0.15, -0.1) is 0 Å². The van der Waals surface area contributed by atoms with Crippen LogP contribution in [0, 0.1) is 12.7 Å². The molecule has 0 aliphatic rings. The first kappa shape index (κ1) is 8.53. The topological polar surface area (TPSA) is 9.23 Å². The van der Waals surface area contributed by atoms with Gasteiger partial charge in [0.05, 0.1) is 11.6 Å². The van der Waals surface area contributed by atoms with Gasteiger partial charge in [-0.3, -0.25) is 0 Å². The van der Waals surface area contributed by atoms with Crippen LogP contribution in [-0.2, 0) is 0 Å². The molecule has 1 aromatic rings. The summed E-state index contributed by atoms with van der Waals surface area (Å²) < 4.78 is 18.2. The lowest BCUT2D eigenvalue weighted by atomic mass is 10.2. The highest BCUT2D eigenvalue weighted by atomic mass is 79.9. The van der Waals surface area contributed by atoms with E-state index in [2.05, 4.69) is 15.9 Å². The van der Waals surface area contributed by atoms with Gasteiger partial charge in [0.15, 0.2) is 0 Å². The Hall–Kier alpha value is -0.570. The van der Waals surface area contributed by atoms with Gasteiger partial charge < -0.3 is 4.74 Å². The van der Waals surface area contributed by atoms with Gasteiger partial charge >= 0.3 is 0 Å². The van der Waals surface area contributed by atoms with Crippen LogP contribution in [0.2, 0.25) is 0 Å². The van der Waals surface area contributed by atoms with E-state index in [9.17, 15) is 4.39 Å². The molecule has 11 heavy (non-hydrogen) atoms. The number of halogens is 2. The van der Waals surface area contributed by atoms with Gasteiger partial charge in [-0.2, -0.15) is 0 Å². The van der Waals surface area contributed by atoms with Crippen LogP contribution in [0.4, 0.5) is 4.39 Å². The van der Waals surface area contributed by atoms with Crippen LogP contribution in [0.3, 0.4) is 0 Å². The molecular weight excluding hydrogens is 211 g/mol. The molecule has 0 atom stereocenters. The minimum absolute atomic E-state index is 0.290. The second-order valence-electron chi connectivity index (χ2n) is 2.26. The molecule has 1 nitrogen and oxygen atoms in total. The predicted octanol–water partition coefficient (Wildman–Crippen LogP) is 2.91. The Morgan fingerprint density at radius 1 is 1.45 bits per heavy atom. The number of hydrogen-bond donors (Lipinski definition) is 0. The summed E-state index contributed by atoms with van der Waals surface area (Å²) in [6.07, 6.45) is 0. The van der Waals surface area contributed by atoms with Crippen LogP contribution in [-0.4, -0.2) is 7.11 Å². The van der Waals surface area contributed by atoms with E-state index in [1.54, 1.807) is 6.07 Å². The van der Waals surface area contributed by atoms with Crippen LogP contribution in [0.15, 0.2) is 16.6 Å². The second-order valence-corrected chi connectivity index (χ2v) is 3.06. The van der Waals surface area contributed by atoms with Gasteiger partial charge in [0, 0.05) is 0 Å². The lowest BCUT2D eigenvalue weighted by Crippen LogP contribution is -1.88. The zero-order valence-electron chi connectivity index (χ0n) is 6.32. The molecule has 1 rings (SSSR count). The lowest BCUT2D eigenvalue weighted by Gasteiger charge is -2.04. The Labute approximate surface area is 73.3 Å². The summed E-state index contributed by atoms with van der Waals surface area (Å²) in [6.45, 7) is 1.82. The van der Waals surface area contributed by atoms with Crippen LogP contribution < -0.4 is 4.74 Å². The van der Waals surface area contributed by atoms with Crippen molar-refractivity contribution < 1.29 is 9.13 Å².